The van der Waals surface area contributed by atoms with Gasteiger partial charge >= 0.3 is 0 Å². The fourth-order valence-corrected chi connectivity index (χ4v) is 1.96. The average Bonchev–Trinajstić information content (AvgIpc) is 2.27. The van der Waals surface area contributed by atoms with Crippen molar-refractivity contribution in [3.63, 3.8) is 0 Å². The molecule has 1 saturated heterocycles. The normalized spacial score (nSPS) is 18.3. The molecule has 0 unspecified atom stereocenters. The van der Waals surface area contributed by atoms with E-state index in [0.29, 0.717) is 18.6 Å². The fraction of sp³-hybridized carbons (Fsp3) is 0.818. The van der Waals surface area contributed by atoms with Gasteiger partial charge in [0, 0.05) is 31.8 Å². The molecule has 0 aromatic carbocycles. The number of likely N-dealkylation sites (tertiary alicyclic amines) is 1. The van der Waals surface area contributed by atoms with Crippen molar-refractivity contribution in [2.24, 2.45) is 5.92 Å². The number of ketones is 1. The molecule has 3 heteroatoms. The van der Waals surface area contributed by atoms with Crippen molar-refractivity contribution in [1.29, 1.82) is 0 Å². The number of carbonyl (C=O) groups is 2. The second-order valence-corrected chi connectivity index (χ2v) is 3.83. The molecule has 1 aliphatic heterocycles. The highest BCUT2D eigenvalue weighted by molar-refractivity contribution is 5.81. The highest BCUT2D eigenvalue weighted by atomic mass is 16.2. The molecule has 1 amide bonds. The van der Waals surface area contributed by atoms with Crippen molar-refractivity contribution in [1.82, 2.24) is 4.90 Å². The largest absolute Gasteiger partial charge is 0.343 e. The summed E-state index contributed by atoms with van der Waals surface area (Å²) in [7, 11) is 0. The zero-order valence-corrected chi connectivity index (χ0v) is 9.08. The molecule has 1 aliphatic rings. The number of Topliss-reactive ketones (excluding diaryl/α,β-unsaturated/α-hetero) is 1. The number of carbonyl (C=O) groups excluding carboxylic acids is 2. The number of hydrogen-bond acceptors (Lipinski definition) is 2. The molecule has 14 heavy (non-hydrogen) atoms. The number of amides is 1. The van der Waals surface area contributed by atoms with Crippen LogP contribution in [-0.4, -0.2) is 29.7 Å². The minimum atomic E-state index is 0.209. The van der Waals surface area contributed by atoms with Crippen molar-refractivity contribution in [3.05, 3.63) is 0 Å². The Bertz CT molecular complexity index is 193. The van der Waals surface area contributed by atoms with Crippen LogP contribution in [-0.2, 0) is 9.59 Å². The molecule has 0 spiro atoms. The Morgan fingerprint density at radius 1 is 1.14 bits per heavy atom. The van der Waals surface area contributed by atoms with Crippen LogP contribution in [0.5, 0.6) is 0 Å². The van der Waals surface area contributed by atoms with E-state index < -0.39 is 0 Å². The first-order valence-corrected chi connectivity index (χ1v) is 5.49. The molecule has 0 atom stereocenters. The highest BCUT2D eigenvalue weighted by Crippen LogP contribution is 2.19. The van der Waals surface area contributed by atoms with Crippen LogP contribution in [0, 0.1) is 5.92 Å². The van der Waals surface area contributed by atoms with Crippen LogP contribution in [0.3, 0.4) is 0 Å². The lowest BCUT2D eigenvalue weighted by atomic mass is 9.91. The zero-order valence-electron chi connectivity index (χ0n) is 9.08. The third-order valence-electron chi connectivity index (χ3n) is 2.95. The van der Waals surface area contributed by atoms with Crippen molar-refractivity contribution in [3.8, 4) is 0 Å². The van der Waals surface area contributed by atoms with E-state index in [4.69, 9.17) is 0 Å². The number of piperidine rings is 1. The SMILES string of the molecule is CCC(=O)C1CCN(C(=O)CC)CC1. The van der Waals surface area contributed by atoms with Crippen LogP contribution in [0.15, 0.2) is 0 Å². The van der Waals surface area contributed by atoms with E-state index >= 15 is 0 Å². The Morgan fingerprint density at radius 2 is 1.71 bits per heavy atom. The maximum atomic E-state index is 11.4. The Hall–Kier alpha value is -0.860. The first-order valence-electron chi connectivity index (χ1n) is 5.49. The summed E-state index contributed by atoms with van der Waals surface area (Å²) in [6, 6.07) is 0. The molecule has 1 fully saturated rings. The minimum absolute atomic E-state index is 0.209. The van der Waals surface area contributed by atoms with Crippen LogP contribution >= 0.6 is 0 Å². The van der Waals surface area contributed by atoms with Gasteiger partial charge in [0.2, 0.25) is 5.91 Å². The molecular weight excluding hydrogens is 178 g/mol. The molecule has 3 nitrogen and oxygen atoms in total. The molecule has 0 saturated carbocycles. The molecule has 1 rings (SSSR count). The monoisotopic (exact) mass is 197 g/mol. The molecule has 80 valence electrons. The van der Waals surface area contributed by atoms with Crippen LogP contribution in [0.4, 0.5) is 0 Å². The maximum absolute atomic E-state index is 11.4. The second-order valence-electron chi connectivity index (χ2n) is 3.83. The van der Waals surface area contributed by atoms with Gasteiger partial charge in [0.1, 0.15) is 5.78 Å². The van der Waals surface area contributed by atoms with Gasteiger partial charge in [-0.25, -0.2) is 0 Å². The van der Waals surface area contributed by atoms with E-state index in [1.807, 2.05) is 18.7 Å². The van der Waals surface area contributed by atoms with Gasteiger partial charge in [-0.2, -0.15) is 0 Å². The number of nitrogens with zero attached hydrogens (tertiary/aromatic N) is 1. The van der Waals surface area contributed by atoms with Crippen molar-refractivity contribution >= 4 is 11.7 Å². The van der Waals surface area contributed by atoms with Gasteiger partial charge in [0.25, 0.3) is 0 Å². The standard InChI is InChI=1S/C11H19NO2/c1-3-10(13)9-5-7-12(8-6-9)11(14)4-2/h9H,3-8H2,1-2H3. The van der Waals surface area contributed by atoms with Crippen LogP contribution in [0.25, 0.3) is 0 Å². The molecule has 1 heterocycles. The predicted molar refractivity (Wildman–Crippen MR) is 54.9 cm³/mol. The Balaban J connectivity index is 2.38. The zero-order chi connectivity index (χ0) is 10.6. The van der Waals surface area contributed by atoms with Gasteiger partial charge in [0.15, 0.2) is 0 Å². The van der Waals surface area contributed by atoms with Gasteiger partial charge in [-0.3, -0.25) is 9.59 Å². The fourth-order valence-electron chi connectivity index (χ4n) is 1.96. The predicted octanol–water partition coefficient (Wildman–Crippen LogP) is 1.61. The average molecular weight is 197 g/mol. The van der Waals surface area contributed by atoms with E-state index in [-0.39, 0.29) is 11.8 Å². The quantitative estimate of drug-likeness (QED) is 0.689. The van der Waals surface area contributed by atoms with Crippen LogP contribution < -0.4 is 0 Å². The second kappa shape index (κ2) is 5.13. The minimum Gasteiger partial charge on any atom is -0.343 e. The first-order chi connectivity index (χ1) is 6.69. The summed E-state index contributed by atoms with van der Waals surface area (Å²) in [5.74, 6) is 0.780. The van der Waals surface area contributed by atoms with Gasteiger partial charge in [0.05, 0.1) is 0 Å². The van der Waals surface area contributed by atoms with E-state index in [2.05, 4.69) is 0 Å². The number of hydrogen-bond donors (Lipinski definition) is 0. The third-order valence-corrected chi connectivity index (χ3v) is 2.95. The molecular formula is C11H19NO2. The summed E-state index contributed by atoms with van der Waals surface area (Å²) >= 11 is 0. The molecule has 0 bridgehead atoms. The highest BCUT2D eigenvalue weighted by Gasteiger charge is 2.25. The smallest absolute Gasteiger partial charge is 0.222 e. The molecule has 0 radical (unpaired) electrons. The topological polar surface area (TPSA) is 37.4 Å². The Morgan fingerprint density at radius 3 is 2.14 bits per heavy atom. The van der Waals surface area contributed by atoms with Crippen LogP contribution in [0.1, 0.15) is 39.5 Å². The summed E-state index contributed by atoms with van der Waals surface area (Å²) in [5, 5.41) is 0. The molecule has 0 N–H and O–H groups in total. The molecule has 0 aromatic rings. The lowest BCUT2D eigenvalue weighted by Crippen LogP contribution is -2.39. The van der Waals surface area contributed by atoms with E-state index in [1.54, 1.807) is 0 Å². The maximum Gasteiger partial charge on any atom is 0.222 e. The summed E-state index contributed by atoms with van der Waals surface area (Å²) in [5.41, 5.74) is 0. The van der Waals surface area contributed by atoms with Crippen LogP contribution in [0.2, 0.25) is 0 Å². The van der Waals surface area contributed by atoms with Gasteiger partial charge in [-0.15, -0.1) is 0 Å². The van der Waals surface area contributed by atoms with Gasteiger partial charge in [-0.1, -0.05) is 13.8 Å². The van der Waals surface area contributed by atoms with Crippen molar-refractivity contribution in [2.45, 2.75) is 39.5 Å². The molecule has 0 aromatic heterocycles. The number of rotatable bonds is 3. The van der Waals surface area contributed by atoms with E-state index in [0.717, 1.165) is 25.9 Å². The summed E-state index contributed by atoms with van der Waals surface area (Å²) in [6.45, 7) is 5.32. The first kappa shape index (κ1) is 11.2. The van der Waals surface area contributed by atoms with Gasteiger partial charge < -0.3 is 4.90 Å². The van der Waals surface area contributed by atoms with E-state index in [9.17, 15) is 9.59 Å². The van der Waals surface area contributed by atoms with Crippen molar-refractivity contribution in [2.75, 3.05) is 13.1 Å². The molecule has 0 aliphatic carbocycles. The summed E-state index contributed by atoms with van der Waals surface area (Å²) < 4.78 is 0. The Labute approximate surface area is 85.5 Å². The summed E-state index contributed by atoms with van der Waals surface area (Å²) in [6.07, 6.45) is 2.93. The van der Waals surface area contributed by atoms with E-state index in [1.165, 1.54) is 0 Å². The Kier molecular flexibility index (Phi) is 4.11. The van der Waals surface area contributed by atoms with Crippen molar-refractivity contribution < 1.29 is 9.59 Å². The summed E-state index contributed by atoms with van der Waals surface area (Å²) in [4.78, 5) is 24.6. The van der Waals surface area contributed by atoms with Gasteiger partial charge in [-0.05, 0) is 12.8 Å². The lowest BCUT2D eigenvalue weighted by Gasteiger charge is -2.31. The third kappa shape index (κ3) is 2.56. The lowest BCUT2D eigenvalue weighted by molar-refractivity contribution is -0.134.